The highest BCUT2D eigenvalue weighted by Gasteiger charge is 2.02. The monoisotopic (exact) mass is 201 g/mol. The molecule has 76 valence electrons. The van der Waals surface area contributed by atoms with Crippen LogP contribution in [0.4, 0.5) is 0 Å². The summed E-state index contributed by atoms with van der Waals surface area (Å²) in [5, 5.41) is 8.39. The van der Waals surface area contributed by atoms with Gasteiger partial charge < -0.3 is 9.72 Å². The summed E-state index contributed by atoms with van der Waals surface area (Å²) in [6.07, 6.45) is 0.878. The van der Waals surface area contributed by atoms with Crippen LogP contribution in [0, 0.1) is 11.3 Å². The molecule has 4 nitrogen and oxygen atoms in total. The molecule has 0 unspecified atom stereocenters. The number of aromatic nitrogens is 2. The molecule has 1 N–H and O–H groups in total. The number of aromatic amines is 1. The van der Waals surface area contributed by atoms with Crippen molar-refractivity contribution in [2.45, 2.75) is 13.3 Å². The molecule has 15 heavy (non-hydrogen) atoms. The van der Waals surface area contributed by atoms with Gasteiger partial charge in [0.25, 0.3) is 0 Å². The third-order valence-corrected chi connectivity index (χ3v) is 2.14. The Morgan fingerprint density at radius 3 is 3.13 bits per heavy atom. The van der Waals surface area contributed by atoms with Crippen LogP contribution in [0.3, 0.4) is 0 Å². The number of benzene rings is 1. The van der Waals surface area contributed by atoms with Crippen LogP contribution in [0.15, 0.2) is 18.2 Å². The van der Waals surface area contributed by atoms with E-state index in [1.54, 1.807) is 0 Å². The molecule has 0 spiro atoms. The van der Waals surface area contributed by atoms with Gasteiger partial charge in [-0.3, -0.25) is 0 Å². The average Bonchev–Trinajstić information content (AvgIpc) is 2.68. The van der Waals surface area contributed by atoms with Crippen LogP contribution in [0.5, 0.6) is 5.75 Å². The van der Waals surface area contributed by atoms with Gasteiger partial charge >= 0.3 is 0 Å². The van der Waals surface area contributed by atoms with Crippen LogP contribution in [0.1, 0.15) is 12.7 Å². The van der Waals surface area contributed by atoms with Crippen LogP contribution in [0.2, 0.25) is 0 Å². The number of ether oxygens (including phenoxy) is 1. The van der Waals surface area contributed by atoms with E-state index >= 15 is 0 Å². The molecular weight excluding hydrogens is 190 g/mol. The van der Waals surface area contributed by atoms with Crippen molar-refractivity contribution < 1.29 is 4.74 Å². The lowest BCUT2D eigenvalue weighted by molar-refractivity contribution is 0.368. The molecule has 0 saturated heterocycles. The molecule has 0 radical (unpaired) electrons. The number of imidazole rings is 1. The largest absolute Gasteiger partial charge is 0.479 e. The maximum absolute atomic E-state index is 8.39. The Balaban J connectivity index is 2.34. The number of nitriles is 1. The summed E-state index contributed by atoms with van der Waals surface area (Å²) in [7, 11) is 0. The maximum atomic E-state index is 8.39. The number of aryl methyl sites for hydroxylation is 1. The van der Waals surface area contributed by atoms with Crippen molar-refractivity contribution in [3.05, 3.63) is 24.0 Å². The molecule has 4 heteroatoms. The van der Waals surface area contributed by atoms with E-state index in [0.29, 0.717) is 5.75 Å². The van der Waals surface area contributed by atoms with Crippen LogP contribution in [0.25, 0.3) is 11.0 Å². The first-order valence-electron chi connectivity index (χ1n) is 4.82. The molecule has 2 rings (SSSR count). The first kappa shape index (κ1) is 9.53. The smallest absolute Gasteiger partial charge is 0.174 e. The van der Waals surface area contributed by atoms with Gasteiger partial charge in [0.05, 0.1) is 11.0 Å². The van der Waals surface area contributed by atoms with E-state index in [4.69, 9.17) is 10.00 Å². The molecule has 0 fully saturated rings. The van der Waals surface area contributed by atoms with E-state index in [-0.39, 0.29) is 6.61 Å². The molecule has 1 aromatic carbocycles. The Morgan fingerprint density at radius 2 is 2.40 bits per heavy atom. The van der Waals surface area contributed by atoms with Gasteiger partial charge in [0.15, 0.2) is 6.61 Å². The highest BCUT2D eigenvalue weighted by molar-refractivity contribution is 5.76. The maximum Gasteiger partial charge on any atom is 0.174 e. The predicted octanol–water partition coefficient (Wildman–Crippen LogP) is 2.03. The summed E-state index contributed by atoms with van der Waals surface area (Å²) in [5.41, 5.74) is 1.87. The van der Waals surface area contributed by atoms with Crippen molar-refractivity contribution in [1.82, 2.24) is 9.97 Å². The predicted molar refractivity (Wildman–Crippen MR) is 56.6 cm³/mol. The lowest BCUT2D eigenvalue weighted by atomic mass is 10.3. The van der Waals surface area contributed by atoms with Gasteiger partial charge in [-0.1, -0.05) is 6.92 Å². The molecule has 0 aliphatic rings. The van der Waals surface area contributed by atoms with E-state index in [1.807, 2.05) is 31.2 Å². The molecule has 2 aromatic rings. The summed E-state index contributed by atoms with van der Waals surface area (Å²) < 4.78 is 5.20. The van der Waals surface area contributed by atoms with E-state index in [1.165, 1.54) is 0 Å². The zero-order valence-electron chi connectivity index (χ0n) is 8.45. The van der Waals surface area contributed by atoms with Gasteiger partial charge in [-0.25, -0.2) is 4.98 Å². The topological polar surface area (TPSA) is 61.7 Å². The second-order valence-electron chi connectivity index (χ2n) is 3.16. The summed E-state index contributed by atoms with van der Waals surface area (Å²) >= 11 is 0. The van der Waals surface area contributed by atoms with Gasteiger partial charge in [0, 0.05) is 12.5 Å². The van der Waals surface area contributed by atoms with Gasteiger partial charge in [-0.05, 0) is 12.1 Å². The van der Waals surface area contributed by atoms with Crippen molar-refractivity contribution >= 4 is 11.0 Å². The fourth-order valence-electron chi connectivity index (χ4n) is 1.41. The van der Waals surface area contributed by atoms with E-state index in [0.717, 1.165) is 23.3 Å². The number of nitrogens with one attached hydrogen (secondary N) is 1. The Hall–Kier alpha value is -2.02. The molecule has 0 bridgehead atoms. The van der Waals surface area contributed by atoms with Crippen molar-refractivity contribution in [2.75, 3.05) is 6.61 Å². The van der Waals surface area contributed by atoms with Crippen LogP contribution < -0.4 is 4.74 Å². The van der Waals surface area contributed by atoms with Crippen LogP contribution in [-0.4, -0.2) is 16.6 Å². The van der Waals surface area contributed by atoms with Crippen LogP contribution in [-0.2, 0) is 6.42 Å². The van der Waals surface area contributed by atoms with Crippen molar-refractivity contribution in [2.24, 2.45) is 0 Å². The first-order chi connectivity index (χ1) is 7.33. The fourth-order valence-corrected chi connectivity index (χ4v) is 1.41. The van der Waals surface area contributed by atoms with Crippen molar-refractivity contribution in [3.8, 4) is 11.8 Å². The third-order valence-electron chi connectivity index (χ3n) is 2.14. The molecule has 1 aromatic heterocycles. The molecular formula is C11H11N3O. The highest BCUT2D eigenvalue weighted by atomic mass is 16.5. The van der Waals surface area contributed by atoms with Gasteiger partial charge in [-0.2, -0.15) is 5.26 Å². The normalized spacial score (nSPS) is 10.1. The van der Waals surface area contributed by atoms with Gasteiger partial charge in [0.2, 0.25) is 0 Å². The minimum absolute atomic E-state index is 0.0697. The minimum atomic E-state index is 0.0697. The molecule has 0 aliphatic carbocycles. The molecule has 1 heterocycles. The minimum Gasteiger partial charge on any atom is -0.479 e. The quantitative estimate of drug-likeness (QED) is 0.826. The van der Waals surface area contributed by atoms with E-state index < -0.39 is 0 Å². The fraction of sp³-hybridized carbons (Fsp3) is 0.273. The SMILES string of the molecule is CCc1nc2ccc(OCC#N)cc2[nH]1. The van der Waals surface area contributed by atoms with E-state index in [2.05, 4.69) is 9.97 Å². The second kappa shape index (κ2) is 4.01. The average molecular weight is 201 g/mol. The number of fused-ring (bicyclic) bond motifs is 1. The molecule has 0 aliphatic heterocycles. The second-order valence-corrected chi connectivity index (χ2v) is 3.16. The Kier molecular flexibility index (Phi) is 2.55. The van der Waals surface area contributed by atoms with Crippen LogP contribution >= 0.6 is 0 Å². The third kappa shape index (κ3) is 1.91. The standard InChI is InChI=1S/C11H11N3O/c1-2-11-13-9-4-3-8(15-6-5-12)7-10(9)14-11/h3-4,7H,2,6H2,1H3,(H,13,14). The van der Waals surface area contributed by atoms with Gasteiger partial charge in [-0.15, -0.1) is 0 Å². The van der Waals surface area contributed by atoms with E-state index in [9.17, 15) is 0 Å². The number of hydrogen-bond donors (Lipinski definition) is 1. The Bertz CT molecular complexity index is 510. The highest BCUT2D eigenvalue weighted by Crippen LogP contribution is 2.19. The summed E-state index contributed by atoms with van der Waals surface area (Å²) in [4.78, 5) is 7.56. The first-order valence-corrected chi connectivity index (χ1v) is 4.82. The summed E-state index contributed by atoms with van der Waals surface area (Å²) in [6.45, 7) is 2.12. The lowest BCUT2D eigenvalue weighted by Gasteiger charge is -1.99. The number of hydrogen-bond acceptors (Lipinski definition) is 3. The number of rotatable bonds is 3. The number of nitrogens with zero attached hydrogens (tertiary/aromatic N) is 2. The molecule has 0 amide bonds. The Morgan fingerprint density at radius 1 is 1.53 bits per heavy atom. The Labute approximate surface area is 87.5 Å². The zero-order chi connectivity index (χ0) is 10.7. The summed E-state index contributed by atoms with van der Waals surface area (Å²) in [5.74, 6) is 1.65. The van der Waals surface area contributed by atoms with Crippen molar-refractivity contribution in [1.29, 1.82) is 5.26 Å². The molecule has 0 atom stereocenters. The van der Waals surface area contributed by atoms with Gasteiger partial charge in [0.1, 0.15) is 17.6 Å². The lowest BCUT2D eigenvalue weighted by Crippen LogP contribution is -1.92. The number of H-pyrrole nitrogens is 1. The summed E-state index contributed by atoms with van der Waals surface area (Å²) in [6, 6.07) is 7.50. The van der Waals surface area contributed by atoms with Crippen molar-refractivity contribution in [3.63, 3.8) is 0 Å². The zero-order valence-corrected chi connectivity index (χ0v) is 8.45. The molecule has 0 saturated carbocycles.